The van der Waals surface area contributed by atoms with Gasteiger partial charge in [0.25, 0.3) is 0 Å². The highest BCUT2D eigenvalue weighted by atomic mass is 32.2. The lowest BCUT2D eigenvalue weighted by molar-refractivity contribution is 0.0695. The molecule has 30 heavy (non-hydrogen) atoms. The maximum Gasteiger partial charge on any atom is 0.330 e. The predicted octanol–water partition coefficient (Wildman–Crippen LogP) is 1.27. The molecule has 1 N–H and O–H groups in total. The summed E-state index contributed by atoms with van der Waals surface area (Å²) >= 11 is 0. The van der Waals surface area contributed by atoms with E-state index in [4.69, 9.17) is 8.92 Å². The first kappa shape index (κ1) is 20.3. The smallest absolute Gasteiger partial charge is 0.330 e. The molecule has 0 bridgehead atoms. The van der Waals surface area contributed by atoms with Gasteiger partial charge in [-0.15, -0.1) is 0 Å². The van der Waals surface area contributed by atoms with E-state index in [2.05, 4.69) is 20.3 Å². The second-order valence-electron chi connectivity index (χ2n) is 7.21. The minimum absolute atomic E-state index is 0.0201. The monoisotopic (exact) mass is 434 g/mol. The Labute approximate surface area is 172 Å². The number of aryl methyl sites for hydroxylation is 2. The van der Waals surface area contributed by atoms with Gasteiger partial charge in [0.2, 0.25) is 11.8 Å². The summed E-state index contributed by atoms with van der Waals surface area (Å²) in [6.45, 7) is 2.99. The second-order valence-corrected chi connectivity index (χ2v) is 8.78. The third-order valence-electron chi connectivity index (χ3n) is 4.96. The molecular formula is C18H22N6O5S. The molecule has 3 aromatic heterocycles. The lowest BCUT2D eigenvalue weighted by Crippen LogP contribution is -2.30. The first-order valence-electron chi connectivity index (χ1n) is 9.38. The second kappa shape index (κ2) is 7.69. The van der Waals surface area contributed by atoms with Crippen molar-refractivity contribution in [2.24, 2.45) is 7.05 Å². The predicted molar refractivity (Wildman–Crippen MR) is 110 cm³/mol. The van der Waals surface area contributed by atoms with Gasteiger partial charge in [-0.1, -0.05) is 0 Å². The third-order valence-corrected chi connectivity index (χ3v) is 5.43. The third kappa shape index (κ3) is 4.00. The number of nitrogens with one attached hydrogen (secondary N) is 1. The number of rotatable bonds is 5. The van der Waals surface area contributed by atoms with Crippen molar-refractivity contribution in [2.75, 3.05) is 24.8 Å². The number of hydrogen-bond acceptors (Lipinski definition) is 9. The average Bonchev–Trinajstić information content (AvgIpc) is 2.93. The van der Waals surface area contributed by atoms with Gasteiger partial charge in [-0.25, -0.2) is 14.8 Å². The van der Waals surface area contributed by atoms with E-state index in [1.165, 1.54) is 12.3 Å². The largest absolute Gasteiger partial charge is 0.381 e. The highest BCUT2D eigenvalue weighted by Crippen LogP contribution is 2.25. The van der Waals surface area contributed by atoms with Crippen molar-refractivity contribution in [3.8, 4) is 5.88 Å². The van der Waals surface area contributed by atoms with Crippen LogP contribution in [0.25, 0.3) is 11.2 Å². The van der Waals surface area contributed by atoms with E-state index < -0.39 is 10.1 Å². The highest BCUT2D eigenvalue weighted by Gasteiger charge is 2.23. The lowest BCUT2D eigenvalue weighted by Gasteiger charge is -2.22. The lowest BCUT2D eigenvalue weighted by atomic mass is 10.1. The number of hydrogen-bond donors (Lipinski definition) is 1. The summed E-state index contributed by atoms with van der Waals surface area (Å²) in [6, 6.07) is 1.52. The summed E-state index contributed by atoms with van der Waals surface area (Å²) in [7, 11) is -1.96. The quantitative estimate of drug-likeness (QED) is 0.590. The van der Waals surface area contributed by atoms with Crippen LogP contribution in [0.3, 0.4) is 0 Å². The van der Waals surface area contributed by atoms with Gasteiger partial charge in [-0.2, -0.15) is 13.4 Å². The summed E-state index contributed by atoms with van der Waals surface area (Å²) in [5, 5.41) is 3.07. The van der Waals surface area contributed by atoms with Crippen molar-refractivity contribution in [3.63, 3.8) is 0 Å². The number of ether oxygens (including phenoxy) is 1. The summed E-state index contributed by atoms with van der Waals surface area (Å²) < 4.78 is 36.0. The molecule has 160 valence electrons. The van der Waals surface area contributed by atoms with E-state index in [0.717, 1.165) is 19.1 Å². The van der Waals surface area contributed by atoms with Gasteiger partial charge in [0.15, 0.2) is 5.65 Å². The van der Waals surface area contributed by atoms with Crippen molar-refractivity contribution in [1.29, 1.82) is 0 Å². The van der Waals surface area contributed by atoms with Crippen LogP contribution in [0.2, 0.25) is 0 Å². The summed E-state index contributed by atoms with van der Waals surface area (Å²) in [6.07, 6.45) is 5.50. The van der Waals surface area contributed by atoms with Gasteiger partial charge in [0.1, 0.15) is 5.52 Å². The van der Waals surface area contributed by atoms with E-state index >= 15 is 0 Å². The van der Waals surface area contributed by atoms with Crippen molar-refractivity contribution < 1.29 is 17.3 Å². The normalized spacial score (nSPS) is 15.4. The maximum absolute atomic E-state index is 12.8. The van der Waals surface area contributed by atoms with E-state index in [1.54, 1.807) is 29.3 Å². The summed E-state index contributed by atoms with van der Waals surface area (Å²) in [5.41, 5.74) is 2.34. The van der Waals surface area contributed by atoms with Gasteiger partial charge >= 0.3 is 15.8 Å². The molecule has 1 fully saturated rings. The molecule has 3 aromatic rings. The van der Waals surface area contributed by atoms with Crippen LogP contribution in [0.4, 0.5) is 11.6 Å². The Balaban J connectivity index is 1.68. The zero-order valence-corrected chi connectivity index (χ0v) is 17.6. The van der Waals surface area contributed by atoms with Crippen LogP contribution in [0, 0.1) is 6.92 Å². The average molecular weight is 434 g/mol. The van der Waals surface area contributed by atoms with Crippen LogP contribution in [-0.2, 0) is 21.9 Å². The van der Waals surface area contributed by atoms with Gasteiger partial charge in [-0.05, 0) is 25.3 Å². The molecule has 0 saturated carbocycles. The molecular weight excluding hydrogens is 412 g/mol. The molecule has 4 rings (SSSR count). The van der Waals surface area contributed by atoms with E-state index in [-0.39, 0.29) is 17.6 Å². The Morgan fingerprint density at radius 2 is 1.97 bits per heavy atom. The highest BCUT2D eigenvalue weighted by molar-refractivity contribution is 7.86. The topological polar surface area (TPSA) is 130 Å². The number of imidazole rings is 1. The number of pyridine rings is 1. The Bertz CT molecular complexity index is 1260. The van der Waals surface area contributed by atoms with Crippen LogP contribution >= 0.6 is 0 Å². The minimum Gasteiger partial charge on any atom is -0.381 e. The molecule has 0 radical (unpaired) electrons. The van der Waals surface area contributed by atoms with Crippen molar-refractivity contribution in [2.45, 2.75) is 25.8 Å². The fourth-order valence-corrected chi connectivity index (χ4v) is 3.85. The molecule has 0 aliphatic carbocycles. The number of nitrogens with zero attached hydrogens (tertiary/aromatic N) is 5. The molecule has 0 aromatic carbocycles. The van der Waals surface area contributed by atoms with Gasteiger partial charge in [-0.3, -0.25) is 9.13 Å². The first-order valence-corrected chi connectivity index (χ1v) is 11.2. The molecule has 0 spiro atoms. The Hall–Kier alpha value is -2.99. The fourth-order valence-electron chi connectivity index (χ4n) is 3.45. The van der Waals surface area contributed by atoms with E-state index in [9.17, 15) is 13.2 Å². The molecule has 0 amide bonds. The minimum atomic E-state index is -3.66. The molecule has 1 aliphatic rings. The molecule has 0 unspecified atom stereocenters. The number of fused-ring (bicyclic) bond motifs is 1. The van der Waals surface area contributed by atoms with Gasteiger partial charge in [0, 0.05) is 32.4 Å². The summed E-state index contributed by atoms with van der Waals surface area (Å²) in [5.74, 6) is 0.281. The van der Waals surface area contributed by atoms with Crippen molar-refractivity contribution >= 4 is 32.9 Å². The molecule has 1 aliphatic heterocycles. The Kier molecular flexibility index (Phi) is 5.20. The maximum atomic E-state index is 12.8. The molecule has 12 heteroatoms. The Morgan fingerprint density at radius 1 is 1.23 bits per heavy atom. The summed E-state index contributed by atoms with van der Waals surface area (Å²) in [4.78, 5) is 25.7. The van der Waals surface area contributed by atoms with Gasteiger partial charge in [0.05, 0.1) is 24.3 Å². The standard InChI is InChI=1S/C18H22N6O5S/c1-11-8-15(29-30(3,26)27)19-9-13(11)21-17-20-10-14-16(22-17)24(18(25)23(14)2)12-4-6-28-7-5-12/h8-10,12H,4-7H2,1-3H3,(H,20,21,22). The Morgan fingerprint density at radius 3 is 2.63 bits per heavy atom. The SMILES string of the molecule is Cc1cc(OS(C)(=O)=O)ncc1Nc1ncc2c(n1)n(C1CCOCC1)c(=O)n2C. The van der Waals surface area contributed by atoms with Crippen molar-refractivity contribution in [1.82, 2.24) is 24.1 Å². The van der Waals surface area contributed by atoms with Crippen LogP contribution in [-0.4, -0.2) is 52.0 Å². The zero-order chi connectivity index (χ0) is 21.5. The first-order chi connectivity index (χ1) is 14.2. The van der Waals surface area contributed by atoms with Crippen LogP contribution < -0.4 is 15.2 Å². The van der Waals surface area contributed by atoms with Gasteiger partial charge < -0.3 is 14.2 Å². The zero-order valence-electron chi connectivity index (χ0n) is 16.8. The molecule has 4 heterocycles. The fraction of sp³-hybridized carbons (Fsp3) is 0.444. The van der Waals surface area contributed by atoms with E-state index in [0.29, 0.717) is 41.6 Å². The van der Waals surface area contributed by atoms with E-state index in [1.807, 2.05) is 0 Å². The number of anilines is 2. The van der Waals surface area contributed by atoms with Crippen LogP contribution in [0.5, 0.6) is 5.88 Å². The van der Waals surface area contributed by atoms with Crippen LogP contribution in [0.1, 0.15) is 24.4 Å². The molecule has 1 saturated heterocycles. The molecule has 11 nitrogen and oxygen atoms in total. The van der Waals surface area contributed by atoms with Crippen molar-refractivity contribution in [3.05, 3.63) is 34.5 Å². The number of aromatic nitrogens is 5. The molecule has 0 atom stereocenters. The van der Waals surface area contributed by atoms with Crippen LogP contribution in [0.15, 0.2) is 23.3 Å².